The van der Waals surface area contributed by atoms with Gasteiger partial charge in [0.05, 0.1) is 5.56 Å². The van der Waals surface area contributed by atoms with Crippen molar-refractivity contribution in [2.24, 2.45) is 5.92 Å². The van der Waals surface area contributed by atoms with Crippen LogP contribution in [0.1, 0.15) is 68.3 Å². The van der Waals surface area contributed by atoms with E-state index in [-0.39, 0.29) is 5.91 Å². The van der Waals surface area contributed by atoms with Crippen LogP contribution in [0.25, 0.3) is 0 Å². The van der Waals surface area contributed by atoms with Gasteiger partial charge in [-0.15, -0.1) is 0 Å². The molecule has 0 bridgehead atoms. The van der Waals surface area contributed by atoms with Crippen molar-refractivity contribution in [2.75, 3.05) is 6.54 Å². The second kappa shape index (κ2) is 8.86. The van der Waals surface area contributed by atoms with E-state index >= 15 is 0 Å². The summed E-state index contributed by atoms with van der Waals surface area (Å²) >= 11 is 0. The highest BCUT2D eigenvalue weighted by atomic mass is 16.4. The summed E-state index contributed by atoms with van der Waals surface area (Å²) in [6, 6.07) is 7.32. The molecular formula is C20H29NO3. The number of benzene rings is 1. The molecule has 1 saturated heterocycles. The van der Waals surface area contributed by atoms with E-state index in [4.69, 9.17) is 0 Å². The highest BCUT2D eigenvalue weighted by molar-refractivity contribution is 5.89. The van der Waals surface area contributed by atoms with Crippen molar-refractivity contribution in [3.63, 3.8) is 0 Å². The van der Waals surface area contributed by atoms with Crippen molar-refractivity contribution in [2.45, 2.75) is 64.8 Å². The second-order valence-electron chi connectivity index (χ2n) is 7.18. The highest BCUT2D eigenvalue weighted by Crippen LogP contribution is 2.23. The Kier molecular flexibility index (Phi) is 6.83. The molecular weight excluding hydrogens is 302 g/mol. The largest absolute Gasteiger partial charge is 0.478 e. The molecule has 1 aliphatic rings. The Morgan fingerprint density at radius 2 is 1.96 bits per heavy atom. The monoisotopic (exact) mass is 331 g/mol. The number of rotatable bonds is 6. The van der Waals surface area contributed by atoms with Crippen LogP contribution < -0.4 is 0 Å². The van der Waals surface area contributed by atoms with E-state index in [9.17, 15) is 14.7 Å². The summed E-state index contributed by atoms with van der Waals surface area (Å²) in [5.41, 5.74) is 1.05. The van der Waals surface area contributed by atoms with Gasteiger partial charge in [0, 0.05) is 19.0 Å². The van der Waals surface area contributed by atoms with Crippen LogP contribution in [0.2, 0.25) is 0 Å². The number of carboxylic acids is 1. The molecule has 1 aromatic carbocycles. The Labute approximate surface area is 144 Å². The molecule has 1 aliphatic heterocycles. The summed E-state index contributed by atoms with van der Waals surface area (Å²) in [4.78, 5) is 26.1. The molecule has 2 rings (SSSR count). The summed E-state index contributed by atoms with van der Waals surface area (Å²) < 4.78 is 0. The lowest BCUT2D eigenvalue weighted by Gasteiger charge is -2.31. The molecule has 1 aromatic rings. The van der Waals surface area contributed by atoms with Gasteiger partial charge in [-0.3, -0.25) is 4.79 Å². The number of likely N-dealkylation sites (tertiary alicyclic amines) is 1. The topological polar surface area (TPSA) is 57.6 Å². The van der Waals surface area contributed by atoms with Crippen LogP contribution in [0.4, 0.5) is 0 Å². The van der Waals surface area contributed by atoms with Gasteiger partial charge in [0.1, 0.15) is 0 Å². The summed E-state index contributed by atoms with van der Waals surface area (Å²) in [5.74, 6) is -0.176. The van der Waals surface area contributed by atoms with Crippen LogP contribution in [0.5, 0.6) is 0 Å². The molecule has 0 aromatic heterocycles. The molecule has 132 valence electrons. The maximum Gasteiger partial charge on any atom is 0.335 e. The molecule has 1 heterocycles. The number of nitrogens with zero attached hydrogens (tertiary/aromatic N) is 1. The maximum absolute atomic E-state index is 12.8. The minimum absolute atomic E-state index is 0.169. The number of carbonyl (C=O) groups excluding carboxylic acids is 1. The third-order valence-corrected chi connectivity index (χ3v) is 4.80. The Morgan fingerprint density at radius 3 is 2.67 bits per heavy atom. The zero-order chi connectivity index (χ0) is 17.5. The first kappa shape index (κ1) is 18.5. The zero-order valence-electron chi connectivity index (χ0n) is 14.8. The third-order valence-electron chi connectivity index (χ3n) is 4.80. The quantitative estimate of drug-likeness (QED) is 0.852. The summed E-state index contributed by atoms with van der Waals surface area (Å²) in [6.07, 6.45) is 6.49. The molecule has 1 amide bonds. The molecule has 1 atom stereocenters. The van der Waals surface area contributed by atoms with Crippen LogP contribution in [0.3, 0.4) is 0 Å². The minimum Gasteiger partial charge on any atom is -0.478 e. The van der Waals surface area contributed by atoms with Crippen molar-refractivity contribution in [1.29, 1.82) is 0 Å². The van der Waals surface area contributed by atoms with Crippen LogP contribution in [-0.4, -0.2) is 34.5 Å². The number of carboxylic acid groups (broad SMARTS) is 1. The Bertz CT molecular complexity index is 568. The van der Waals surface area contributed by atoms with Gasteiger partial charge in [0.25, 0.3) is 0 Å². The number of hydrogen-bond donors (Lipinski definition) is 1. The predicted octanol–water partition coefficient (Wildman–Crippen LogP) is 4.13. The minimum atomic E-state index is -0.925. The first-order valence-electron chi connectivity index (χ1n) is 9.09. The zero-order valence-corrected chi connectivity index (χ0v) is 14.8. The number of amides is 1. The molecule has 0 radical (unpaired) electrons. The Hall–Kier alpha value is -1.84. The molecule has 0 spiro atoms. The summed E-state index contributed by atoms with van der Waals surface area (Å²) in [6.45, 7) is 5.25. The van der Waals surface area contributed by atoms with E-state index in [1.54, 1.807) is 12.1 Å². The van der Waals surface area contributed by atoms with E-state index in [0.29, 0.717) is 30.4 Å². The average Bonchev–Trinajstić information content (AvgIpc) is 2.77. The Morgan fingerprint density at radius 1 is 1.21 bits per heavy atom. The lowest BCUT2D eigenvalue weighted by atomic mass is 9.98. The van der Waals surface area contributed by atoms with E-state index < -0.39 is 5.97 Å². The number of aromatic carboxylic acids is 1. The second-order valence-corrected chi connectivity index (χ2v) is 7.18. The summed E-state index contributed by atoms with van der Waals surface area (Å²) in [5, 5.41) is 9.26. The lowest BCUT2D eigenvalue weighted by molar-refractivity contribution is -0.133. The van der Waals surface area contributed by atoms with E-state index in [1.807, 2.05) is 12.1 Å². The molecule has 24 heavy (non-hydrogen) atoms. The fourth-order valence-corrected chi connectivity index (χ4v) is 3.63. The highest BCUT2D eigenvalue weighted by Gasteiger charge is 2.26. The van der Waals surface area contributed by atoms with Crippen LogP contribution in [0, 0.1) is 5.92 Å². The smallest absolute Gasteiger partial charge is 0.335 e. The van der Waals surface area contributed by atoms with Crippen LogP contribution in [0.15, 0.2) is 24.3 Å². The van der Waals surface area contributed by atoms with Gasteiger partial charge in [0.2, 0.25) is 5.91 Å². The Balaban J connectivity index is 2.03. The standard InChI is InChI=1S/C20H29NO3/c1-15(2)14-17-9-4-3-7-13-21(17)19(22)12-11-16-8-5-6-10-18(16)20(23)24/h5-6,8,10,15,17H,3-4,7,9,11-14H2,1-2H3,(H,23,24). The van der Waals surface area contributed by atoms with Gasteiger partial charge in [0.15, 0.2) is 0 Å². The molecule has 1 fully saturated rings. The first-order chi connectivity index (χ1) is 11.5. The van der Waals surface area contributed by atoms with Gasteiger partial charge in [-0.1, -0.05) is 44.9 Å². The summed E-state index contributed by atoms with van der Waals surface area (Å²) in [7, 11) is 0. The van der Waals surface area contributed by atoms with Crippen molar-refractivity contribution in [3.05, 3.63) is 35.4 Å². The molecule has 4 nitrogen and oxygen atoms in total. The number of carbonyl (C=O) groups is 2. The van der Waals surface area contributed by atoms with E-state index in [1.165, 1.54) is 12.8 Å². The van der Waals surface area contributed by atoms with Crippen LogP contribution in [-0.2, 0) is 11.2 Å². The average molecular weight is 331 g/mol. The molecule has 0 aliphatic carbocycles. The normalized spacial score (nSPS) is 18.5. The molecule has 1 N–H and O–H groups in total. The van der Waals surface area contributed by atoms with Crippen LogP contribution >= 0.6 is 0 Å². The number of hydrogen-bond acceptors (Lipinski definition) is 2. The first-order valence-corrected chi connectivity index (χ1v) is 9.09. The van der Waals surface area contributed by atoms with Crippen molar-refractivity contribution in [3.8, 4) is 0 Å². The fraction of sp³-hybridized carbons (Fsp3) is 0.600. The molecule has 4 heteroatoms. The lowest BCUT2D eigenvalue weighted by Crippen LogP contribution is -2.40. The predicted molar refractivity (Wildman–Crippen MR) is 95.1 cm³/mol. The SMILES string of the molecule is CC(C)CC1CCCCCN1C(=O)CCc1ccccc1C(=O)O. The number of aryl methyl sites for hydroxylation is 1. The third kappa shape index (κ3) is 5.08. The van der Waals surface area contributed by atoms with Crippen molar-refractivity contribution >= 4 is 11.9 Å². The molecule has 1 unspecified atom stereocenters. The van der Waals surface area contributed by atoms with E-state index in [2.05, 4.69) is 18.7 Å². The van der Waals surface area contributed by atoms with E-state index in [0.717, 1.165) is 31.4 Å². The van der Waals surface area contributed by atoms with Gasteiger partial charge in [-0.05, 0) is 43.2 Å². The van der Waals surface area contributed by atoms with Crippen molar-refractivity contribution < 1.29 is 14.7 Å². The molecule has 0 saturated carbocycles. The maximum atomic E-state index is 12.8. The van der Waals surface area contributed by atoms with Gasteiger partial charge in [-0.25, -0.2) is 4.79 Å². The van der Waals surface area contributed by atoms with Gasteiger partial charge in [-0.2, -0.15) is 0 Å². The van der Waals surface area contributed by atoms with Crippen molar-refractivity contribution in [1.82, 2.24) is 4.90 Å². The fourth-order valence-electron chi connectivity index (χ4n) is 3.63. The van der Waals surface area contributed by atoms with Gasteiger partial charge >= 0.3 is 5.97 Å². The van der Waals surface area contributed by atoms with Gasteiger partial charge < -0.3 is 10.0 Å².